The SMILES string of the molecule is COC(=O)COc1ccc(C2=NCCCO2)cc1. The average Bonchev–Trinajstić information content (AvgIpc) is 2.46. The highest BCUT2D eigenvalue weighted by Crippen LogP contribution is 2.14. The third kappa shape index (κ3) is 3.23. The lowest BCUT2D eigenvalue weighted by molar-refractivity contribution is -0.142. The number of aliphatic imine (C=N–C) groups is 1. The van der Waals surface area contributed by atoms with E-state index < -0.39 is 5.97 Å². The van der Waals surface area contributed by atoms with Crippen molar-refractivity contribution in [2.24, 2.45) is 4.99 Å². The van der Waals surface area contributed by atoms with Crippen LogP contribution in [0.3, 0.4) is 0 Å². The van der Waals surface area contributed by atoms with Gasteiger partial charge in [0.2, 0.25) is 5.90 Å². The predicted octanol–water partition coefficient (Wildman–Crippen LogP) is 1.41. The zero-order valence-electron chi connectivity index (χ0n) is 10.2. The van der Waals surface area contributed by atoms with Crippen LogP contribution < -0.4 is 4.74 Å². The number of nitrogens with zero attached hydrogens (tertiary/aromatic N) is 1. The number of carbonyl (C=O) groups is 1. The zero-order chi connectivity index (χ0) is 12.8. The fraction of sp³-hybridized carbons (Fsp3) is 0.385. The van der Waals surface area contributed by atoms with E-state index in [4.69, 9.17) is 9.47 Å². The Morgan fingerprint density at radius 3 is 2.78 bits per heavy atom. The number of rotatable bonds is 4. The van der Waals surface area contributed by atoms with Crippen LogP contribution in [-0.4, -0.2) is 38.7 Å². The van der Waals surface area contributed by atoms with Gasteiger partial charge in [0.15, 0.2) is 6.61 Å². The Bertz CT molecular complexity index is 439. The van der Waals surface area contributed by atoms with Crippen molar-refractivity contribution in [1.82, 2.24) is 0 Å². The van der Waals surface area contributed by atoms with E-state index in [-0.39, 0.29) is 6.61 Å². The van der Waals surface area contributed by atoms with E-state index in [1.165, 1.54) is 7.11 Å². The van der Waals surface area contributed by atoms with Crippen molar-refractivity contribution in [1.29, 1.82) is 0 Å². The van der Waals surface area contributed by atoms with E-state index in [0.29, 0.717) is 18.3 Å². The van der Waals surface area contributed by atoms with E-state index >= 15 is 0 Å². The van der Waals surface area contributed by atoms with Gasteiger partial charge in [-0.25, -0.2) is 4.79 Å². The van der Waals surface area contributed by atoms with Crippen molar-refractivity contribution in [2.75, 3.05) is 26.9 Å². The molecule has 0 N–H and O–H groups in total. The molecule has 0 aliphatic carbocycles. The fourth-order valence-corrected chi connectivity index (χ4v) is 1.53. The van der Waals surface area contributed by atoms with Gasteiger partial charge in [0.25, 0.3) is 0 Å². The van der Waals surface area contributed by atoms with Crippen LogP contribution in [0.2, 0.25) is 0 Å². The van der Waals surface area contributed by atoms with Crippen molar-refractivity contribution in [3.05, 3.63) is 29.8 Å². The van der Waals surface area contributed by atoms with Gasteiger partial charge in [-0.15, -0.1) is 0 Å². The van der Waals surface area contributed by atoms with Gasteiger partial charge in [0.1, 0.15) is 5.75 Å². The summed E-state index contributed by atoms with van der Waals surface area (Å²) in [6.07, 6.45) is 0.962. The van der Waals surface area contributed by atoms with Gasteiger partial charge in [-0.05, 0) is 24.3 Å². The quantitative estimate of drug-likeness (QED) is 0.757. The fourth-order valence-electron chi connectivity index (χ4n) is 1.53. The lowest BCUT2D eigenvalue weighted by atomic mass is 10.2. The van der Waals surface area contributed by atoms with Crippen molar-refractivity contribution < 1.29 is 19.0 Å². The van der Waals surface area contributed by atoms with E-state index in [9.17, 15) is 4.79 Å². The van der Waals surface area contributed by atoms with E-state index in [1.54, 1.807) is 12.1 Å². The number of hydrogen-bond donors (Lipinski definition) is 0. The maximum atomic E-state index is 10.9. The second kappa shape index (κ2) is 6.05. The van der Waals surface area contributed by atoms with Crippen molar-refractivity contribution in [3.8, 4) is 5.75 Å². The Morgan fingerprint density at radius 2 is 2.17 bits per heavy atom. The first-order valence-electron chi connectivity index (χ1n) is 5.77. The largest absolute Gasteiger partial charge is 0.482 e. The Balaban J connectivity index is 1.97. The number of hydrogen-bond acceptors (Lipinski definition) is 5. The molecule has 0 bridgehead atoms. The summed E-state index contributed by atoms with van der Waals surface area (Å²) in [5, 5.41) is 0. The zero-order valence-corrected chi connectivity index (χ0v) is 10.2. The minimum atomic E-state index is -0.404. The average molecular weight is 249 g/mol. The lowest BCUT2D eigenvalue weighted by Crippen LogP contribution is -2.15. The van der Waals surface area contributed by atoms with Crippen LogP contribution in [0, 0.1) is 0 Å². The summed E-state index contributed by atoms with van der Waals surface area (Å²) in [5.41, 5.74) is 0.917. The van der Waals surface area contributed by atoms with Crippen molar-refractivity contribution in [3.63, 3.8) is 0 Å². The molecule has 0 saturated heterocycles. The first-order chi connectivity index (χ1) is 8.79. The van der Waals surface area contributed by atoms with Crippen LogP contribution in [0.1, 0.15) is 12.0 Å². The number of esters is 1. The van der Waals surface area contributed by atoms with Crippen LogP contribution >= 0.6 is 0 Å². The molecule has 5 heteroatoms. The molecule has 0 fully saturated rings. The standard InChI is InChI=1S/C13H15NO4/c1-16-12(15)9-18-11-5-3-10(4-6-11)13-14-7-2-8-17-13/h3-6H,2,7-9H2,1H3. The Kier molecular flexibility index (Phi) is 4.17. The molecule has 96 valence electrons. The minimum absolute atomic E-state index is 0.0900. The summed E-state index contributed by atoms with van der Waals surface area (Å²) in [5.74, 6) is 0.875. The van der Waals surface area contributed by atoms with Crippen LogP contribution in [0.5, 0.6) is 5.75 Å². The van der Waals surface area contributed by atoms with Gasteiger partial charge >= 0.3 is 5.97 Å². The second-order valence-electron chi connectivity index (χ2n) is 3.78. The molecule has 5 nitrogen and oxygen atoms in total. The Hall–Kier alpha value is -2.04. The van der Waals surface area contributed by atoms with Crippen LogP contribution in [-0.2, 0) is 14.3 Å². The summed E-state index contributed by atoms with van der Waals surface area (Å²) in [6.45, 7) is 1.42. The second-order valence-corrected chi connectivity index (χ2v) is 3.78. The highest BCUT2D eigenvalue weighted by Gasteiger charge is 2.09. The molecule has 0 saturated carbocycles. The molecule has 18 heavy (non-hydrogen) atoms. The van der Waals surface area contributed by atoms with Crippen molar-refractivity contribution in [2.45, 2.75) is 6.42 Å². The van der Waals surface area contributed by atoms with Gasteiger partial charge in [0.05, 0.1) is 13.7 Å². The topological polar surface area (TPSA) is 57.1 Å². The third-order valence-corrected chi connectivity index (χ3v) is 2.48. The number of methoxy groups -OCH3 is 1. The van der Waals surface area contributed by atoms with Gasteiger partial charge in [0, 0.05) is 18.5 Å². The van der Waals surface area contributed by atoms with Gasteiger partial charge < -0.3 is 14.2 Å². The molecule has 1 aliphatic rings. The molecule has 0 amide bonds. The molecule has 0 radical (unpaired) electrons. The smallest absolute Gasteiger partial charge is 0.343 e. The molecule has 2 rings (SSSR count). The number of benzene rings is 1. The Labute approximate surface area is 105 Å². The molecule has 0 unspecified atom stereocenters. The maximum absolute atomic E-state index is 10.9. The van der Waals surface area contributed by atoms with E-state index in [1.807, 2.05) is 12.1 Å². The van der Waals surface area contributed by atoms with E-state index in [0.717, 1.165) is 18.5 Å². The molecule has 0 spiro atoms. The molecule has 1 aliphatic heterocycles. The predicted molar refractivity (Wildman–Crippen MR) is 65.9 cm³/mol. The Morgan fingerprint density at radius 1 is 1.39 bits per heavy atom. The summed E-state index contributed by atoms with van der Waals surface area (Å²) < 4.78 is 15.2. The number of ether oxygens (including phenoxy) is 3. The van der Waals surface area contributed by atoms with E-state index in [2.05, 4.69) is 9.73 Å². The molecule has 1 aromatic carbocycles. The van der Waals surface area contributed by atoms with Crippen LogP contribution in [0.4, 0.5) is 0 Å². The van der Waals surface area contributed by atoms with Crippen molar-refractivity contribution >= 4 is 11.9 Å². The molecule has 1 aromatic rings. The number of carbonyl (C=O) groups excluding carboxylic acids is 1. The normalized spacial score (nSPS) is 14.4. The summed E-state index contributed by atoms with van der Waals surface area (Å²) in [7, 11) is 1.33. The maximum Gasteiger partial charge on any atom is 0.343 e. The highest BCUT2D eigenvalue weighted by molar-refractivity contribution is 5.94. The third-order valence-electron chi connectivity index (χ3n) is 2.48. The van der Waals surface area contributed by atoms with Gasteiger partial charge in [-0.2, -0.15) is 0 Å². The molecular weight excluding hydrogens is 234 g/mol. The van der Waals surface area contributed by atoms with Crippen LogP contribution in [0.15, 0.2) is 29.3 Å². The molecule has 1 heterocycles. The lowest BCUT2D eigenvalue weighted by Gasteiger charge is -2.14. The minimum Gasteiger partial charge on any atom is -0.482 e. The van der Waals surface area contributed by atoms with Gasteiger partial charge in [-0.1, -0.05) is 0 Å². The monoisotopic (exact) mass is 249 g/mol. The summed E-state index contributed by atoms with van der Waals surface area (Å²) >= 11 is 0. The molecule has 0 atom stereocenters. The highest BCUT2D eigenvalue weighted by atomic mass is 16.6. The summed E-state index contributed by atoms with van der Waals surface area (Å²) in [4.78, 5) is 15.2. The first kappa shape index (κ1) is 12.4. The van der Waals surface area contributed by atoms with Gasteiger partial charge in [-0.3, -0.25) is 4.99 Å². The van der Waals surface area contributed by atoms with Crippen LogP contribution in [0.25, 0.3) is 0 Å². The summed E-state index contributed by atoms with van der Waals surface area (Å²) in [6, 6.07) is 7.27. The molecular formula is C13H15NO4. The first-order valence-corrected chi connectivity index (χ1v) is 5.77. The molecule has 0 aromatic heterocycles.